The Hall–Kier alpha value is -3.08. The van der Waals surface area contributed by atoms with Crippen LogP contribution in [0.3, 0.4) is 0 Å². The number of phenols is 1. The van der Waals surface area contributed by atoms with E-state index in [0.29, 0.717) is 11.3 Å². The van der Waals surface area contributed by atoms with E-state index in [4.69, 9.17) is 0 Å². The molecule has 0 saturated carbocycles. The molecule has 0 saturated heterocycles. The van der Waals surface area contributed by atoms with Gasteiger partial charge in [-0.25, -0.2) is 0 Å². The highest BCUT2D eigenvalue weighted by atomic mass is 16.3. The second-order valence-corrected chi connectivity index (χ2v) is 4.67. The average molecular weight is 297 g/mol. The van der Waals surface area contributed by atoms with Crippen LogP contribution in [0.1, 0.15) is 22.8 Å². The van der Waals surface area contributed by atoms with Crippen LogP contribution in [-0.2, 0) is 4.79 Å². The van der Waals surface area contributed by atoms with Gasteiger partial charge in [-0.3, -0.25) is 9.59 Å². The quantitative estimate of drug-likeness (QED) is 0.459. The van der Waals surface area contributed by atoms with E-state index in [1.807, 2.05) is 0 Å². The van der Waals surface area contributed by atoms with Gasteiger partial charge in [0.05, 0.1) is 5.56 Å². The summed E-state index contributed by atoms with van der Waals surface area (Å²) >= 11 is 0. The molecule has 0 radical (unpaired) electrons. The summed E-state index contributed by atoms with van der Waals surface area (Å²) in [6, 6.07) is 12.5. The van der Waals surface area contributed by atoms with Gasteiger partial charge >= 0.3 is 0 Å². The summed E-state index contributed by atoms with van der Waals surface area (Å²) < 4.78 is 0. The third-order valence-electron chi connectivity index (χ3n) is 2.94. The zero-order valence-corrected chi connectivity index (χ0v) is 11.9. The Labute approximate surface area is 127 Å². The van der Waals surface area contributed by atoms with Gasteiger partial charge in [0.1, 0.15) is 11.5 Å². The number of aromatic hydroxyl groups is 1. The Morgan fingerprint density at radius 3 is 2.27 bits per heavy atom. The van der Waals surface area contributed by atoms with Crippen molar-refractivity contribution in [1.82, 2.24) is 0 Å². The summed E-state index contributed by atoms with van der Waals surface area (Å²) in [5.74, 6) is -1.05. The number of benzene rings is 2. The van der Waals surface area contributed by atoms with Gasteiger partial charge in [-0.2, -0.15) is 0 Å². The molecule has 0 unspecified atom stereocenters. The molecular formula is C17H15NO4. The minimum atomic E-state index is -0.499. The SMILES string of the molecule is CC(=O)Nc1ccc(/C(O)=C/C(=O)c2ccccc2O)cc1. The summed E-state index contributed by atoms with van der Waals surface area (Å²) in [5.41, 5.74) is 1.14. The van der Waals surface area contributed by atoms with Crippen LogP contribution in [0.5, 0.6) is 5.75 Å². The summed E-state index contributed by atoms with van der Waals surface area (Å²) in [6.45, 7) is 1.40. The number of para-hydroxylation sites is 1. The summed E-state index contributed by atoms with van der Waals surface area (Å²) in [6.07, 6.45) is 1.04. The highest BCUT2D eigenvalue weighted by Crippen LogP contribution is 2.20. The fraction of sp³-hybridized carbons (Fsp3) is 0.0588. The lowest BCUT2D eigenvalue weighted by molar-refractivity contribution is -0.114. The number of hydrogen-bond donors (Lipinski definition) is 3. The van der Waals surface area contributed by atoms with E-state index in [1.165, 1.54) is 19.1 Å². The molecule has 0 fully saturated rings. The van der Waals surface area contributed by atoms with Crippen molar-refractivity contribution in [2.75, 3.05) is 5.32 Å². The molecule has 112 valence electrons. The molecule has 3 N–H and O–H groups in total. The van der Waals surface area contributed by atoms with E-state index in [2.05, 4.69) is 5.32 Å². The summed E-state index contributed by atoms with van der Waals surface area (Å²) in [7, 11) is 0. The van der Waals surface area contributed by atoms with Crippen LogP contribution in [0.2, 0.25) is 0 Å². The maximum atomic E-state index is 12.0. The number of aliphatic hydroxyl groups excluding tert-OH is 1. The second-order valence-electron chi connectivity index (χ2n) is 4.67. The van der Waals surface area contributed by atoms with Gasteiger partial charge < -0.3 is 15.5 Å². The molecule has 2 rings (SSSR count). The van der Waals surface area contributed by atoms with Gasteiger partial charge in [0.2, 0.25) is 5.91 Å². The fourth-order valence-corrected chi connectivity index (χ4v) is 1.89. The number of amides is 1. The molecule has 22 heavy (non-hydrogen) atoms. The standard InChI is InChI=1S/C17H15NO4/c1-11(19)18-13-8-6-12(7-9-13)16(21)10-17(22)14-4-2-3-5-15(14)20/h2-10,20-21H,1H3,(H,18,19)/b16-10-. The number of carbonyl (C=O) groups excluding carboxylic acids is 2. The fourth-order valence-electron chi connectivity index (χ4n) is 1.89. The smallest absolute Gasteiger partial charge is 0.221 e. The van der Waals surface area contributed by atoms with Crippen LogP contribution in [0.25, 0.3) is 5.76 Å². The molecule has 0 aliphatic carbocycles. The van der Waals surface area contributed by atoms with Gasteiger partial charge in [0.25, 0.3) is 0 Å². The van der Waals surface area contributed by atoms with E-state index >= 15 is 0 Å². The van der Waals surface area contributed by atoms with Crippen molar-refractivity contribution in [1.29, 1.82) is 0 Å². The Morgan fingerprint density at radius 2 is 1.68 bits per heavy atom. The van der Waals surface area contributed by atoms with E-state index < -0.39 is 5.78 Å². The molecule has 0 spiro atoms. The van der Waals surface area contributed by atoms with E-state index in [0.717, 1.165) is 6.08 Å². The molecule has 5 heteroatoms. The second kappa shape index (κ2) is 6.58. The molecule has 0 atom stereocenters. The highest BCUT2D eigenvalue weighted by Gasteiger charge is 2.10. The third-order valence-corrected chi connectivity index (χ3v) is 2.94. The van der Waals surface area contributed by atoms with Gasteiger partial charge in [-0.05, 0) is 36.4 Å². The minimum Gasteiger partial charge on any atom is -0.507 e. The summed E-state index contributed by atoms with van der Waals surface area (Å²) in [4.78, 5) is 22.9. The van der Waals surface area contributed by atoms with Crippen LogP contribution >= 0.6 is 0 Å². The normalized spacial score (nSPS) is 11.0. The molecule has 2 aromatic rings. The van der Waals surface area contributed by atoms with Crippen LogP contribution in [0.4, 0.5) is 5.69 Å². The number of hydrogen-bond acceptors (Lipinski definition) is 4. The Bertz CT molecular complexity index is 733. The largest absolute Gasteiger partial charge is 0.507 e. The molecule has 0 aliphatic heterocycles. The lowest BCUT2D eigenvalue weighted by Gasteiger charge is -2.05. The Balaban J connectivity index is 2.20. The van der Waals surface area contributed by atoms with Crippen molar-refractivity contribution in [2.45, 2.75) is 6.92 Å². The number of ketones is 1. The van der Waals surface area contributed by atoms with Gasteiger partial charge in [-0.15, -0.1) is 0 Å². The maximum absolute atomic E-state index is 12.0. The van der Waals surface area contributed by atoms with Crippen LogP contribution < -0.4 is 5.32 Å². The van der Waals surface area contributed by atoms with Crippen molar-refractivity contribution in [3.8, 4) is 5.75 Å². The molecular weight excluding hydrogens is 282 g/mol. The van der Waals surface area contributed by atoms with Crippen LogP contribution in [0, 0.1) is 0 Å². The topological polar surface area (TPSA) is 86.6 Å². The van der Waals surface area contributed by atoms with Crippen molar-refractivity contribution in [2.24, 2.45) is 0 Å². The van der Waals surface area contributed by atoms with Gasteiger partial charge in [-0.1, -0.05) is 12.1 Å². The van der Waals surface area contributed by atoms with Crippen LogP contribution in [0.15, 0.2) is 54.6 Å². The number of allylic oxidation sites excluding steroid dienone is 1. The molecule has 0 bridgehead atoms. The molecule has 2 aromatic carbocycles. The predicted octanol–water partition coefficient (Wildman–Crippen LogP) is 3.13. The lowest BCUT2D eigenvalue weighted by Crippen LogP contribution is -2.05. The number of phenolic OH excluding ortho intramolecular Hbond substituents is 1. The molecule has 1 amide bonds. The number of anilines is 1. The third kappa shape index (κ3) is 3.73. The van der Waals surface area contributed by atoms with Gasteiger partial charge in [0, 0.05) is 24.3 Å². The first-order valence-corrected chi connectivity index (χ1v) is 6.58. The van der Waals surface area contributed by atoms with Crippen molar-refractivity contribution in [3.63, 3.8) is 0 Å². The minimum absolute atomic E-state index is 0.115. The zero-order chi connectivity index (χ0) is 16.1. The maximum Gasteiger partial charge on any atom is 0.221 e. The molecule has 0 heterocycles. The van der Waals surface area contributed by atoms with E-state index in [9.17, 15) is 19.8 Å². The number of carbonyl (C=O) groups is 2. The molecule has 0 aliphatic rings. The number of aliphatic hydroxyl groups is 1. The molecule has 5 nitrogen and oxygen atoms in total. The first-order chi connectivity index (χ1) is 10.5. The Kier molecular flexibility index (Phi) is 4.58. The van der Waals surface area contributed by atoms with E-state index in [-0.39, 0.29) is 23.0 Å². The monoisotopic (exact) mass is 297 g/mol. The average Bonchev–Trinajstić information content (AvgIpc) is 2.47. The number of rotatable bonds is 4. The lowest BCUT2D eigenvalue weighted by atomic mass is 10.1. The first kappa shape index (κ1) is 15.3. The van der Waals surface area contributed by atoms with E-state index in [1.54, 1.807) is 36.4 Å². The van der Waals surface area contributed by atoms with Crippen molar-refractivity contribution >= 4 is 23.1 Å². The first-order valence-electron chi connectivity index (χ1n) is 6.58. The van der Waals surface area contributed by atoms with Crippen molar-refractivity contribution < 1.29 is 19.8 Å². The Morgan fingerprint density at radius 1 is 1.05 bits per heavy atom. The predicted molar refractivity (Wildman–Crippen MR) is 83.8 cm³/mol. The van der Waals surface area contributed by atoms with Crippen LogP contribution in [-0.4, -0.2) is 21.9 Å². The highest BCUT2D eigenvalue weighted by molar-refractivity contribution is 6.09. The zero-order valence-electron chi connectivity index (χ0n) is 11.9. The summed E-state index contributed by atoms with van der Waals surface area (Å²) in [5, 5.41) is 22.2. The number of nitrogens with one attached hydrogen (secondary N) is 1. The molecule has 0 aromatic heterocycles. The van der Waals surface area contributed by atoms with Crippen molar-refractivity contribution in [3.05, 3.63) is 65.7 Å². The van der Waals surface area contributed by atoms with Gasteiger partial charge in [0.15, 0.2) is 5.78 Å².